The number of aromatic amines is 1. The Morgan fingerprint density at radius 2 is 2.00 bits per heavy atom. The molecule has 1 aromatic carbocycles. The molecule has 4 rings (SSSR count). The standard InChI is InChI=1S/C17H14N6O/c18-17-20-14-3-1-2-4-15(14)23(17)10-11-7-12(9-19-8-11)13-5-6-16(24)22-21-13/h1-9H,10H2,(H2,18,20)(H,22,24). The Morgan fingerprint density at radius 3 is 2.83 bits per heavy atom. The topological polar surface area (TPSA) is 102 Å². The van der Waals surface area contributed by atoms with E-state index in [0.717, 1.165) is 22.2 Å². The number of nitrogen functional groups attached to an aromatic ring is 1. The molecule has 118 valence electrons. The van der Waals surface area contributed by atoms with Crippen LogP contribution in [0.1, 0.15) is 5.56 Å². The van der Waals surface area contributed by atoms with Crippen LogP contribution in [0.25, 0.3) is 22.3 Å². The Hall–Kier alpha value is -3.48. The molecule has 0 saturated heterocycles. The molecule has 0 aliphatic carbocycles. The molecular weight excluding hydrogens is 304 g/mol. The van der Waals surface area contributed by atoms with Crippen LogP contribution in [0.15, 0.2) is 59.7 Å². The third-order valence-corrected chi connectivity index (χ3v) is 3.79. The Morgan fingerprint density at radius 1 is 1.12 bits per heavy atom. The molecule has 0 bridgehead atoms. The smallest absolute Gasteiger partial charge is 0.264 e. The number of nitrogens with two attached hydrogens (primary N) is 1. The highest BCUT2D eigenvalue weighted by molar-refractivity contribution is 5.78. The fourth-order valence-electron chi connectivity index (χ4n) is 2.66. The molecule has 7 nitrogen and oxygen atoms in total. The third-order valence-electron chi connectivity index (χ3n) is 3.79. The molecule has 0 amide bonds. The van der Waals surface area contributed by atoms with Crippen molar-refractivity contribution in [3.8, 4) is 11.3 Å². The van der Waals surface area contributed by atoms with E-state index in [0.29, 0.717) is 18.2 Å². The lowest BCUT2D eigenvalue weighted by molar-refractivity contribution is 0.833. The zero-order valence-electron chi connectivity index (χ0n) is 12.7. The van der Waals surface area contributed by atoms with Crippen molar-refractivity contribution in [1.82, 2.24) is 24.7 Å². The Labute approximate surface area is 136 Å². The maximum atomic E-state index is 11.1. The van der Waals surface area contributed by atoms with Crippen molar-refractivity contribution in [2.24, 2.45) is 0 Å². The van der Waals surface area contributed by atoms with Crippen LogP contribution < -0.4 is 11.3 Å². The number of H-pyrrole nitrogens is 1. The summed E-state index contributed by atoms with van der Waals surface area (Å²) in [6.45, 7) is 0.552. The van der Waals surface area contributed by atoms with Crippen molar-refractivity contribution < 1.29 is 0 Å². The number of para-hydroxylation sites is 2. The summed E-state index contributed by atoms with van der Waals surface area (Å²) in [5.41, 5.74) is 10.1. The number of nitrogens with zero attached hydrogens (tertiary/aromatic N) is 4. The molecule has 0 spiro atoms. The number of hydrogen-bond donors (Lipinski definition) is 2. The van der Waals surface area contributed by atoms with E-state index >= 15 is 0 Å². The molecule has 3 heterocycles. The van der Waals surface area contributed by atoms with Gasteiger partial charge in [-0.15, -0.1) is 0 Å². The van der Waals surface area contributed by atoms with Crippen molar-refractivity contribution in [2.45, 2.75) is 6.54 Å². The minimum absolute atomic E-state index is 0.236. The average Bonchev–Trinajstić information content (AvgIpc) is 2.92. The van der Waals surface area contributed by atoms with Gasteiger partial charge in [-0.1, -0.05) is 12.1 Å². The zero-order valence-corrected chi connectivity index (χ0v) is 12.7. The molecule has 0 aliphatic rings. The maximum absolute atomic E-state index is 11.1. The number of hydrogen-bond acceptors (Lipinski definition) is 5. The second-order valence-electron chi connectivity index (χ2n) is 5.43. The van der Waals surface area contributed by atoms with Crippen LogP contribution in [-0.4, -0.2) is 24.7 Å². The SMILES string of the molecule is Nc1nc2ccccc2n1Cc1cncc(-c2ccc(=O)[nH]n2)c1. The summed E-state index contributed by atoms with van der Waals surface area (Å²) in [5.74, 6) is 0.462. The summed E-state index contributed by atoms with van der Waals surface area (Å²) in [7, 11) is 0. The lowest BCUT2D eigenvalue weighted by Gasteiger charge is -2.08. The van der Waals surface area contributed by atoms with Gasteiger partial charge in [0.25, 0.3) is 5.56 Å². The molecule has 3 aromatic heterocycles. The highest BCUT2D eigenvalue weighted by Gasteiger charge is 2.09. The van der Waals surface area contributed by atoms with Gasteiger partial charge in [0.1, 0.15) is 0 Å². The monoisotopic (exact) mass is 318 g/mol. The van der Waals surface area contributed by atoms with Gasteiger partial charge < -0.3 is 10.3 Å². The lowest BCUT2D eigenvalue weighted by atomic mass is 10.1. The molecule has 0 fully saturated rings. The normalized spacial score (nSPS) is 11.0. The van der Waals surface area contributed by atoms with Crippen molar-refractivity contribution in [3.63, 3.8) is 0 Å². The maximum Gasteiger partial charge on any atom is 0.264 e. The van der Waals surface area contributed by atoms with Crippen LogP contribution in [0, 0.1) is 0 Å². The fourth-order valence-corrected chi connectivity index (χ4v) is 2.66. The summed E-state index contributed by atoms with van der Waals surface area (Å²) in [5, 5.41) is 6.46. The molecule has 0 aliphatic heterocycles. The molecule has 24 heavy (non-hydrogen) atoms. The first-order chi connectivity index (χ1) is 11.7. The summed E-state index contributed by atoms with van der Waals surface area (Å²) in [6, 6.07) is 12.9. The molecule has 0 saturated carbocycles. The van der Waals surface area contributed by atoms with Crippen LogP contribution in [-0.2, 0) is 6.54 Å². The number of fused-ring (bicyclic) bond motifs is 1. The van der Waals surface area contributed by atoms with Crippen LogP contribution in [0.2, 0.25) is 0 Å². The van der Waals surface area contributed by atoms with E-state index in [1.807, 2.05) is 34.9 Å². The van der Waals surface area contributed by atoms with Crippen molar-refractivity contribution in [1.29, 1.82) is 0 Å². The van der Waals surface area contributed by atoms with Gasteiger partial charge in [-0.05, 0) is 29.8 Å². The van der Waals surface area contributed by atoms with Crippen LogP contribution in [0.4, 0.5) is 5.95 Å². The van der Waals surface area contributed by atoms with E-state index in [4.69, 9.17) is 5.73 Å². The summed E-state index contributed by atoms with van der Waals surface area (Å²) in [6.07, 6.45) is 3.49. The minimum Gasteiger partial charge on any atom is -0.369 e. The second-order valence-corrected chi connectivity index (χ2v) is 5.43. The fraction of sp³-hybridized carbons (Fsp3) is 0.0588. The Kier molecular flexibility index (Phi) is 3.31. The predicted molar refractivity (Wildman–Crippen MR) is 91.3 cm³/mol. The Balaban J connectivity index is 1.72. The van der Waals surface area contributed by atoms with Crippen molar-refractivity contribution in [2.75, 3.05) is 5.73 Å². The van der Waals surface area contributed by atoms with Gasteiger partial charge in [-0.2, -0.15) is 5.10 Å². The van der Waals surface area contributed by atoms with Crippen LogP contribution in [0.3, 0.4) is 0 Å². The minimum atomic E-state index is -0.236. The van der Waals surface area contributed by atoms with E-state index in [1.165, 1.54) is 6.07 Å². The number of anilines is 1. The van der Waals surface area contributed by atoms with Gasteiger partial charge in [0, 0.05) is 24.0 Å². The van der Waals surface area contributed by atoms with Gasteiger partial charge in [-0.3, -0.25) is 9.78 Å². The summed E-state index contributed by atoms with van der Waals surface area (Å²) >= 11 is 0. The number of pyridine rings is 1. The molecular formula is C17H14N6O. The number of aromatic nitrogens is 5. The number of nitrogens with one attached hydrogen (secondary N) is 1. The quantitative estimate of drug-likeness (QED) is 0.600. The molecule has 0 atom stereocenters. The van der Waals surface area contributed by atoms with Gasteiger partial charge >= 0.3 is 0 Å². The average molecular weight is 318 g/mol. The Bertz CT molecular complexity index is 1060. The third kappa shape index (κ3) is 2.52. The van der Waals surface area contributed by atoms with E-state index in [1.54, 1.807) is 18.5 Å². The van der Waals surface area contributed by atoms with Crippen molar-refractivity contribution in [3.05, 3.63) is 70.8 Å². The van der Waals surface area contributed by atoms with Gasteiger partial charge in [0.05, 0.1) is 23.3 Å². The predicted octanol–water partition coefficient (Wildman–Crippen LogP) is 1.81. The molecule has 0 unspecified atom stereocenters. The summed E-state index contributed by atoms with van der Waals surface area (Å²) < 4.78 is 1.94. The van der Waals surface area contributed by atoms with E-state index in [9.17, 15) is 4.79 Å². The first-order valence-electron chi connectivity index (χ1n) is 7.41. The number of imidazole rings is 1. The largest absolute Gasteiger partial charge is 0.369 e. The van der Waals surface area contributed by atoms with Gasteiger partial charge in [0.2, 0.25) is 5.95 Å². The molecule has 0 radical (unpaired) electrons. The summed E-state index contributed by atoms with van der Waals surface area (Å²) in [4.78, 5) is 19.8. The molecule has 3 N–H and O–H groups in total. The van der Waals surface area contributed by atoms with Crippen LogP contribution in [0.5, 0.6) is 0 Å². The number of rotatable bonds is 3. The highest BCUT2D eigenvalue weighted by atomic mass is 16.1. The lowest BCUT2D eigenvalue weighted by Crippen LogP contribution is -2.07. The molecule has 7 heteroatoms. The van der Waals surface area contributed by atoms with Gasteiger partial charge in [0.15, 0.2) is 0 Å². The first-order valence-corrected chi connectivity index (χ1v) is 7.41. The first kappa shape index (κ1) is 14.1. The second kappa shape index (κ2) is 5.62. The van der Waals surface area contributed by atoms with E-state index in [-0.39, 0.29) is 5.56 Å². The zero-order chi connectivity index (χ0) is 16.5. The molecule has 4 aromatic rings. The van der Waals surface area contributed by atoms with Crippen molar-refractivity contribution >= 4 is 17.0 Å². The number of benzene rings is 1. The highest BCUT2D eigenvalue weighted by Crippen LogP contribution is 2.21. The van der Waals surface area contributed by atoms with E-state index < -0.39 is 0 Å². The van der Waals surface area contributed by atoms with Gasteiger partial charge in [-0.25, -0.2) is 10.1 Å². The van der Waals surface area contributed by atoms with E-state index in [2.05, 4.69) is 20.2 Å². The van der Waals surface area contributed by atoms with Crippen LogP contribution >= 0.6 is 0 Å².